The van der Waals surface area contributed by atoms with Crippen LogP contribution in [0.15, 0.2) is 23.1 Å². The van der Waals surface area contributed by atoms with Crippen LogP contribution in [-0.4, -0.2) is 45.2 Å². The Kier molecular flexibility index (Phi) is 5.53. The number of hydrogen-bond donors (Lipinski definition) is 0. The van der Waals surface area contributed by atoms with Gasteiger partial charge < -0.3 is 0 Å². The zero-order chi connectivity index (χ0) is 17.3. The molecule has 5 nitrogen and oxygen atoms in total. The van der Waals surface area contributed by atoms with E-state index >= 15 is 0 Å². The predicted octanol–water partition coefficient (Wildman–Crippen LogP) is 2.28. The second kappa shape index (κ2) is 6.91. The maximum atomic E-state index is 13.0. The van der Waals surface area contributed by atoms with Crippen LogP contribution < -0.4 is 0 Å². The first-order valence-corrected chi connectivity index (χ1v) is 11.2. The van der Waals surface area contributed by atoms with Crippen LogP contribution in [0.1, 0.15) is 37.3 Å². The molecule has 1 unspecified atom stereocenters. The van der Waals surface area contributed by atoms with Crippen LogP contribution in [0.3, 0.4) is 0 Å². The van der Waals surface area contributed by atoms with Crippen LogP contribution >= 0.6 is 0 Å². The summed E-state index contributed by atoms with van der Waals surface area (Å²) in [6.07, 6.45) is 1.97. The summed E-state index contributed by atoms with van der Waals surface area (Å²) in [4.78, 5) is 0.251. The van der Waals surface area contributed by atoms with Crippen molar-refractivity contribution >= 4 is 19.9 Å². The smallest absolute Gasteiger partial charge is 0.229 e. The van der Waals surface area contributed by atoms with Crippen molar-refractivity contribution in [1.29, 1.82) is 0 Å². The van der Waals surface area contributed by atoms with Gasteiger partial charge in [-0.1, -0.05) is 19.4 Å². The molecular formula is C16H25NO4S2. The molecule has 1 aromatic carbocycles. The van der Waals surface area contributed by atoms with Gasteiger partial charge in [0.25, 0.3) is 0 Å². The standard InChI is InChI=1S/C16H25NO4S2/c1-4-5-9-17(15-8-10-22(18,19)12-15)23(20,21)16-7-6-13(2)14(3)11-16/h6-7,11,15H,4-5,8-10,12H2,1-3H3. The fourth-order valence-electron chi connectivity index (χ4n) is 2.83. The number of aryl methyl sites for hydroxylation is 2. The SMILES string of the molecule is CCCCN(C1CCS(=O)(=O)C1)S(=O)(=O)c1ccc(C)c(C)c1. The van der Waals surface area contributed by atoms with Crippen molar-refractivity contribution in [3.05, 3.63) is 29.3 Å². The summed E-state index contributed by atoms with van der Waals surface area (Å²) < 4.78 is 51.0. The Labute approximate surface area is 139 Å². The maximum absolute atomic E-state index is 13.0. The topological polar surface area (TPSA) is 71.5 Å². The van der Waals surface area contributed by atoms with Crippen molar-refractivity contribution in [2.75, 3.05) is 18.1 Å². The zero-order valence-electron chi connectivity index (χ0n) is 13.9. The van der Waals surface area contributed by atoms with Gasteiger partial charge in [0.05, 0.1) is 16.4 Å². The van der Waals surface area contributed by atoms with Crippen LogP contribution in [0, 0.1) is 13.8 Å². The number of hydrogen-bond acceptors (Lipinski definition) is 4. The minimum absolute atomic E-state index is 0.0687. The van der Waals surface area contributed by atoms with E-state index in [-0.39, 0.29) is 16.4 Å². The molecular weight excluding hydrogens is 334 g/mol. The largest absolute Gasteiger partial charge is 0.243 e. The molecule has 1 aliphatic rings. The van der Waals surface area contributed by atoms with Gasteiger partial charge in [0.2, 0.25) is 10.0 Å². The Morgan fingerprint density at radius 2 is 1.91 bits per heavy atom. The van der Waals surface area contributed by atoms with Crippen LogP contribution in [0.25, 0.3) is 0 Å². The number of nitrogens with zero attached hydrogens (tertiary/aromatic N) is 1. The van der Waals surface area contributed by atoms with Crippen LogP contribution in [0.5, 0.6) is 0 Å². The molecule has 1 aromatic rings. The predicted molar refractivity (Wildman–Crippen MR) is 91.8 cm³/mol. The molecule has 0 aliphatic carbocycles. The van der Waals surface area contributed by atoms with Crippen LogP contribution in [0.2, 0.25) is 0 Å². The Morgan fingerprint density at radius 1 is 1.22 bits per heavy atom. The van der Waals surface area contributed by atoms with Gasteiger partial charge in [0.1, 0.15) is 0 Å². The van der Waals surface area contributed by atoms with Crippen molar-refractivity contribution in [1.82, 2.24) is 4.31 Å². The van der Waals surface area contributed by atoms with Gasteiger partial charge in [0.15, 0.2) is 9.84 Å². The van der Waals surface area contributed by atoms with E-state index in [1.165, 1.54) is 4.31 Å². The van der Waals surface area contributed by atoms with E-state index in [4.69, 9.17) is 0 Å². The number of sulfonamides is 1. The van der Waals surface area contributed by atoms with Gasteiger partial charge in [-0.05, 0) is 49.9 Å². The van der Waals surface area contributed by atoms with Gasteiger partial charge >= 0.3 is 0 Å². The third-order valence-corrected chi connectivity index (χ3v) is 8.13. The van der Waals surface area contributed by atoms with Gasteiger partial charge in [-0.3, -0.25) is 0 Å². The first-order chi connectivity index (χ1) is 10.7. The molecule has 1 aliphatic heterocycles. The second-order valence-corrected chi connectivity index (χ2v) is 10.4. The highest BCUT2D eigenvalue weighted by molar-refractivity contribution is 7.92. The molecule has 0 amide bonds. The molecule has 1 saturated heterocycles. The van der Waals surface area contributed by atoms with E-state index in [1.807, 2.05) is 20.8 Å². The maximum Gasteiger partial charge on any atom is 0.243 e. The minimum Gasteiger partial charge on any atom is -0.229 e. The lowest BCUT2D eigenvalue weighted by Gasteiger charge is -2.27. The normalized spacial score (nSPS) is 21.0. The minimum atomic E-state index is -3.68. The fraction of sp³-hybridized carbons (Fsp3) is 0.625. The van der Waals surface area contributed by atoms with E-state index < -0.39 is 25.9 Å². The summed E-state index contributed by atoms with van der Waals surface area (Å²) in [5.41, 5.74) is 1.95. The van der Waals surface area contributed by atoms with E-state index in [9.17, 15) is 16.8 Å². The summed E-state index contributed by atoms with van der Waals surface area (Å²) >= 11 is 0. The van der Waals surface area contributed by atoms with Gasteiger partial charge in [-0.2, -0.15) is 4.31 Å². The first kappa shape index (κ1) is 18.4. The third kappa shape index (κ3) is 4.14. The summed E-state index contributed by atoms with van der Waals surface area (Å²) in [6.45, 7) is 6.17. The number of unbranched alkanes of at least 4 members (excludes halogenated alkanes) is 1. The number of sulfone groups is 1. The number of rotatable bonds is 6. The molecule has 1 atom stereocenters. The Morgan fingerprint density at radius 3 is 2.43 bits per heavy atom. The van der Waals surface area contributed by atoms with E-state index in [0.29, 0.717) is 13.0 Å². The Balaban J connectivity index is 2.38. The molecule has 1 fully saturated rings. The quantitative estimate of drug-likeness (QED) is 0.781. The zero-order valence-corrected chi connectivity index (χ0v) is 15.6. The van der Waals surface area contributed by atoms with Crippen LogP contribution in [-0.2, 0) is 19.9 Å². The van der Waals surface area contributed by atoms with Gasteiger partial charge in [-0.15, -0.1) is 0 Å². The summed E-state index contributed by atoms with van der Waals surface area (Å²) in [6, 6.07) is 4.64. The molecule has 0 radical (unpaired) electrons. The van der Waals surface area contributed by atoms with Crippen molar-refractivity contribution < 1.29 is 16.8 Å². The lowest BCUT2D eigenvalue weighted by Crippen LogP contribution is -2.41. The fourth-order valence-corrected chi connectivity index (χ4v) is 6.43. The van der Waals surface area contributed by atoms with Crippen molar-refractivity contribution in [2.24, 2.45) is 0 Å². The molecule has 130 valence electrons. The molecule has 7 heteroatoms. The molecule has 1 heterocycles. The molecule has 23 heavy (non-hydrogen) atoms. The third-order valence-electron chi connectivity index (χ3n) is 4.43. The van der Waals surface area contributed by atoms with Crippen molar-refractivity contribution in [2.45, 2.75) is 51.0 Å². The summed E-state index contributed by atoms with van der Waals surface area (Å²) in [5.74, 6) is 0.00350. The highest BCUT2D eigenvalue weighted by Gasteiger charge is 2.38. The molecule has 0 spiro atoms. The highest BCUT2D eigenvalue weighted by atomic mass is 32.2. The lowest BCUT2D eigenvalue weighted by molar-refractivity contribution is 0.335. The van der Waals surface area contributed by atoms with E-state index in [1.54, 1.807) is 18.2 Å². The van der Waals surface area contributed by atoms with E-state index in [0.717, 1.165) is 24.0 Å². The van der Waals surface area contributed by atoms with Crippen LogP contribution in [0.4, 0.5) is 0 Å². The molecule has 0 N–H and O–H groups in total. The Bertz CT molecular complexity index is 769. The second-order valence-electron chi connectivity index (χ2n) is 6.27. The average molecular weight is 360 g/mol. The summed E-state index contributed by atoms with van der Waals surface area (Å²) in [5, 5.41) is 0. The van der Waals surface area contributed by atoms with Crippen molar-refractivity contribution in [3.63, 3.8) is 0 Å². The monoisotopic (exact) mass is 359 g/mol. The first-order valence-electron chi connectivity index (χ1n) is 7.97. The Hall–Kier alpha value is -0.920. The molecule has 0 saturated carbocycles. The van der Waals surface area contributed by atoms with Gasteiger partial charge in [-0.25, -0.2) is 16.8 Å². The van der Waals surface area contributed by atoms with E-state index in [2.05, 4.69) is 0 Å². The highest BCUT2D eigenvalue weighted by Crippen LogP contribution is 2.26. The molecule has 2 rings (SSSR count). The lowest BCUT2D eigenvalue weighted by atomic mass is 10.1. The molecule has 0 bridgehead atoms. The molecule has 0 aromatic heterocycles. The van der Waals surface area contributed by atoms with Crippen molar-refractivity contribution in [3.8, 4) is 0 Å². The number of benzene rings is 1. The summed E-state index contributed by atoms with van der Waals surface area (Å²) in [7, 11) is -6.81. The average Bonchev–Trinajstić information content (AvgIpc) is 2.82. The van der Waals surface area contributed by atoms with Gasteiger partial charge in [0, 0.05) is 12.6 Å².